The summed E-state index contributed by atoms with van der Waals surface area (Å²) in [6.07, 6.45) is 3.46. The summed E-state index contributed by atoms with van der Waals surface area (Å²) in [5.41, 5.74) is 1.40. The van der Waals surface area contributed by atoms with E-state index in [1.165, 1.54) is 22.2 Å². The first-order chi connectivity index (χ1) is 12.7. The second-order valence-corrected chi connectivity index (χ2v) is 8.27. The number of hydrogen-bond acceptors (Lipinski definition) is 4. The van der Waals surface area contributed by atoms with Gasteiger partial charge in [-0.3, -0.25) is 0 Å². The molecule has 0 N–H and O–H groups in total. The maximum Gasteiger partial charge on any atom is 0.231 e. The van der Waals surface area contributed by atoms with Gasteiger partial charge in [-0.1, -0.05) is 43.3 Å². The molecule has 2 aromatic heterocycles. The number of nitrogens with zero attached hydrogens (tertiary/aromatic N) is 2. The van der Waals surface area contributed by atoms with Crippen molar-refractivity contribution in [2.75, 3.05) is 0 Å². The topological polar surface area (TPSA) is 35.0 Å². The molecule has 0 amide bonds. The third kappa shape index (κ3) is 2.56. The van der Waals surface area contributed by atoms with E-state index in [1.807, 2.05) is 36.5 Å². The van der Waals surface area contributed by atoms with Gasteiger partial charge in [0, 0.05) is 10.3 Å². The van der Waals surface area contributed by atoms with Crippen LogP contribution in [0.3, 0.4) is 0 Å². The number of hydrogen-bond donors (Lipinski definition) is 0. The number of ether oxygens (including phenoxy) is 1. The minimum Gasteiger partial charge on any atom is -0.438 e. The Labute approximate surface area is 156 Å². The molecule has 0 aliphatic heterocycles. The first kappa shape index (κ1) is 15.8. The smallest absolute Gasteiger partial charge is 0.231 e. The first-order valence-corrected chi connectivity index (χ1v) is 9.95. The summed E-state index contributed by atoms with van der Waals surface area (Å²) in [5.74, 6) is 3.06. The fourth-order valence-electron chi connectivity index (χ4n) is 3.87. The maximum absolute atomic E-state index is 6.39. The molecule has 3 nitrogen and oxygen atoms in total. The Morgan fingerprint density at radius 3 is 2.85 bits per heavy atom. The Morgan fingerprint density at radius 2 is 1.92 bits per heavy atom. The lowest BCUT2D eigenvalue weighted by atomic mass is 9.89. The van der Waals surface area contributed by atoms with Crippen LogP contribution in [-0.4, -0.2) is 9.97 Å². The Bertz CT molecular complexity index is 1130. The van der Waals surface area contributed by atoms with Crippen LogP contribution < -0.4 is 4.74 Å². The molecule has 0 bridgehead atoms. The number of aromatic nitrogens is 2. The summed E-state index contributed by atoms with van der Waals surface area (Å²) in [6, 6.07) is 14.5. The van der Waals surface area contributed by atoms with E-state index in [0.717, 1.165) is 45.9 Å². The van der Waals surface area contributed by atoms with Crippen LogP contribution in [-0.2, 0) is 12.8 Å². The van der Waals surface area contributed by atoms with Crippen LogP contribution in [0.5, 0.6) is 11.6 Å². The quantitative estimate of drug-likeness (QED) is 0.435. The second-order valence-electron chi connectivity index (χ2n) is 7.19. The van der Waals surface area contributed by atoms with Gasteiger partial charge in [-0.25, -0.2) is 4.98 Å². The Morgan fingerprint density at radius 1 is 1.08 bits per heavy atom. The zero-order chi connectivity index (χ0) is 17.7. The molecule has 2 heterocycles. The molecule has 5 rings (SSSR count). The van der Waals surface area contributed by atoms with Crippen molar-refractivity contribution in [2.45, 2.75) is 33.1 Å². The lowest BCUT2D eigenvalue weighted by molar-refractivity contribution is 0.470. The molecule has 0 unspecified atom stereocenters. The van der Waals surface area contributed by atoms with Gasteiger partial charge in [-0.05, 0) is 49.1 Å². The predicted octanol–water partition coefficient (Wildman–Crippen LogP) is 6.07. The molecule has 1 aliphatic carbocycles. The fraction of sp³-hybridized carbons (Fsp3) is 0.273. The van der Waals surface area contributed by atoms with Gasteiger partial charge in [-0.2, -0.15) is 4.98 Å². The summed E-state index contributed by atoms with van der Waals surface area (Å²) >= 11 is 1.81. The standard InChI is InChI=1S/C22H20N2OS/c1-13-10-11-17-19(12-13)26-22-20(17)21(23-14(2)24-22)25-18-9-5-7-15-6-3-4-8-16(15)18/h3-9,13H,10-12H2,1-2H3/t13-/m1/s1. The van der Waals surface area contributed by atoms with Gasteiger partial charge in [0.2, 0.25) is 5.88 Å². The highest BCUT2D eigenvalue weighted by Crippen LogP contribution is 2.42. The van der Waals surface area contributed by atoms with Crippen molar-refractivity contribution in [3.8, 4) is 11.6 Å². The van der Waals surface area contributed by atoms with Crippen molar-refractivity contribution >= 4 is 32.3 Å². The van der Waals surface area contributed by atoms with E-state index in [-0.39, 0.29) is 0 Å². The summed E-state index contributed by atoms with van der Waals surface area (Å²) in [5, 5.41) is 3.40. The summed E-state index contributed by atoms with van der Waals surface area (Å²) in [4.78, 5) is 11.9. The van der Waals surface area contributed by atoms with Crippen molar-refractivity contribution < 1.29 is 4.74 Å². The monoisotopic (exact) mass is 360 g/mol. The number of benzene rings is 2. The highest BCUT2D eigenvalue weighted by molar-refractivity contribution is 7.18. The van der Waals surface area contributed by atoms with Gasteiger partial charge in [-0.15, -0.1) is 11.3 Å². The van der Waals surface area contributed by atoms with Gasteiger partial charge >= 0.3 is 0 Å². The zero-order valence-corrected chi connectivity index (χ0v) is 15.8. The predicted molar refractivity (Wildman–Crippen MR) is 107 cm³/mol. The molecule has 0 spiro atoms. The molecular weight excluding hydrogens is 340 g/mol. The van der Waals surface area contributed by atoms with Gasteiger partial charge in [0.25, 0.3) is 0 Å². The number of fused-ring (bicyclic) bond motifs is 4. The van der Waals surface area contributed by atoms with E-state index < -0.39 is 0 Å². The van der Waals surface area contributed by atoms with Crippen molar-refractivity contribution in [3.63, 3.8) is 0 Å². The van der Waals surface area contributed by atoms with Crippen LogP contribution in [0.15, 0.2) is 42.5 Å². The molecule has 0 radical (unpaired) electrons. The Hall–Kier alpha value is -2.46. The summed E-state index contributed by atoms with van der Waals surface area (Å²) in [7, 11) is 0. The van der Waals surface area contributed by atoms with Crippen LogP contribution in [0.25, 0.3) is 21.0 Å². The summed E-state index contributed by atoms with van der Waals surface area (Å²) < 4.78 is 6.39. The van der Waals surface area contributed by atoms with Gasteiger partial charge < -0.3 is 4.74 Å². The van der Waals surface area contributed by atoms with E-state index in [4.69, 9.17) is 9.72 Å². The van der Waals surface area contributed by atoms with E-state index in [0.29, 0.717) is 5.88 Å². The van der Waals surface area contributed by atoms with E-state index in [2.05, 4.69) is 36.2 Å². The molecule has 0 saturated carbocycles. The number of rotatable bonds is 2. The molecule has 0 fully saturated rings. The second kappa shape index (κ2) is 6.06. The first-order valence-electron chi connectivity index (χ1n) is 9.13. The Balaban J connectivity index is 1.69. The van der Waals surface area contributed by atoms with Gasteiger partial charge in [0.1, 0.15) is 16.4 Å². The van der Waals surface area contributed by atoms with Crippen molar-refractivity contribution in [1.29, 1.82) is 0 Å². The molecule has 26 heavy (non-hydrogen) atoms. The van der Waals surface area contributed by atoms with Crippen LogP contribution in [0, 0.1) is 12.8 Å². The fourth-order valence-corrected chi connectivity index (χ4v) is 5.29. The highest BCUT2D eigenvalue weighted by atomic mass is 32.1. The van der Waals surface area contributed by atoms with Crippen LogP contribution in [0.2, 0.25) is 0 Å². The lowest BCUT2D eigenvalue weighted by Crippen LogP contribution is -2.08. The molecule has 130 valence electrons. The number of aryl methyl sites for hydroxylation is 2. The average Bonchev–Trinajstić information content (AvgIpc) is 2.99. The molecule has 0 saturated heterocycles. The normalized spacial score (nSPS) is 16.8. The van der Waals surface area contributed by atoms with Gasteiger partial charge in [0.05, 0.1) is 5.39 Å². The minimum atomic E-state index is 0.705. The highest BCUT2D eigenvalue weighted by Gasteiger charge is 2.24. The van der Waals surface area contributed by atoms with Crippen molar-refractivity contribution in [2.24, 2.45) is 5.92 Å². The molecule has 4 heteroatoms. The van der Waals surface area contributed by atoms with Crippen LogP contribution in [0.1, 0.15) is 29.6 Å². The maximum atomic E-state index is 6.39. The number of thiophene rings is 1. The van der Waals surface area contributed by atoms with Crippen LogP contribution in [0.4, 0.5) is 0 Å². The van der Waals surface area contributed by atoms with E-state index in [9.17, 15) is 0 Å². The summed E-state index contributed by atoms with van der Waals surface area (Å²) in [6.45, 7) is 4.27. The molecule has 2 aromatic carbocycles. The molecule has 1 atom stereocenters. The zero-order valence-electron chi connectivity index (χ0n) is 15.0. The van der Waals surface area contributed by atoms with E-state index in [1.54, 1.807) is 0 Å². The lowest BCUT2D eigenvalue weighted by Gasteiger charge is -2.18. The third-order valence-electron chi connectivity index (χ3n) is 5.19. The average molecular weight is 360 g/mol. The minimum absolute atomic E-state index is 0.705. The van der Waals surface area contributed by atoms with Crippen molar-refractivity contribution in [3.05, 3.63) is 58.7 Å². The van der Waals surface area contributed by atoms with Gasteiger partial charge in [0.15, 0.2) is 0 Å². The Kier molecular flexibility index (Phi) is 3.68. The molecular formula is C22H20N2OS. The third-order valence-corrected chi connectivity index (χ3v) is 6.34. The van der Waals surface area contributed by atoms with Crippen LogP contribution >= 0.6 is 11.3 Å². The van der Waals surface area contributed by atoms with Crippen molar-refractivity contribution in [1.82, 2.24) is 9.97 Å². The van der Waals surface area contributed by atoms with E-state index >= 15 is 0 Å². The SMILES string of the molecule is Cc1nc(Oc2cccc3ccccc23)c2c3c(sc2n1)C[C@H](C)CC3. The molecule has 4 aromatic rings. The largest absolute Gasteiger partial charge is 0.438 e. The molecule has 1 aliphatic rings.